The van der Waals surface area contributed by atoms with Crippen LogP contribution < -0.4 is 11.1 Å². The Labute approximate surface area is 159 Å². The molecule has 27 heavy (non-hydrogen) atoms. The van der Waals surface area contributed by atoms with E-state index in [1.807, 2.05) is 36.4 Å². The van der Waals surface area contributed by atoms with Crippen molar-refractivity contribution in [2.24, 2.45) is 5.73 Å². The summed E-state index contributed by atoms with van der Waals surface area (Å²) in [5, 5.41) is 5.26. The fourth-order valence-corrected chi connectivity index (χ4v) is 4.52. The molecule has 1 aliphatic carbocycles. The molecule has 3 atom stereocenters. The van der Waals surface area contributed by atoms with E-state index in [1.54, 1.807) is 0 Å². The molecule has 1 aliphatic heterocycles. The van der Waals surface area contributed by atoms with Crippen LogP contribution in [0.25, 0.3) is 10.8 Å². The molecular weight excluding hydrogens is 338 g/mol. The fraction of sp³-hybridized carbons (Fsp3) is 0.455. The van der Waals surface area contributed by atoms with Crippen molar-refractivity contribution in [3.63, 3.8) is 0 Å². The highest BCUT2D eigenvalue weighted by atomic mass is 16.2. The van der Waals surface area contributed by atoms with Crippen molar-refractivity contribution >= 4 is 22.6 Å². The van der Waals surface area contributed by atoms with Gasteiger partial charge in [-0.05, 0) is 49.7 Å². The Morgan fingerprint density at radius 3 is 2.33 bits per heavy atom. The van der Waals surface area contributed by atoms with Gasteiger partial charge in [0, 0.05) is 34.6 Å². The summed E-state index contributed by atoms with van der Waals surface area (Å²) in [4.78, 5) is 27.8. The topological polar surface area (TPSA) is 75.4 Å². The van der Waals surface area contributed by atoms with Crippen LogP contribution in [-0.2, 0) is 0 Å². The van der Waals surface area contributed by atoms with Gasteiger partial charge in [-0.1, -0.05) is 37.6 Å². The van der Waals surface area contributed by atoms with Crippen LogP contribution >= 0.6 is 0 Å². The first kappa shape index (κ1) is 18.1. The van der Waals surface area contributed by atoms with Crippen molar-refractivity contribution in [1.82, 2.24) is 10.2 Å². The van der Waals surface area contributed by atoms with Crippen molar-refractivity contribution in [2.45, 2.75) is 57.2 Å². The molecule has 3 unspecified atom stereocenters. The molecule has 1 fully saturated rings. The van der Waals surface area contributed by atoms with Crippen LogP contribution in [0.15, 0.2) is 36.4 Å². The number of benzene rings is 2. The van der Waals surface area contributed by atoms with Gasteiger partial charge < -0.3 is 11.1 Å². The second kappa shape index (κ2) is 7.41. The lowest BCUT2D eigenvalue weighted by Crippen LogP contribution is -2.56. The molecule has 0 radical (unpaired) electrons. The summed E-state index contributed by atoms with van der Waals surface area (Å²) in [6.07, 6.45) is 4.63. The smallest absolute Gasteiger partial charge is 0.261 e. The van der Waals surface area contributed by atoms with Crippen molar-refractivity contribution in [1.29, 1.82) is 0 Å². The predicted octanol–water partition coefficient (Wildman–Crippen LogP) is 3.07. The molecule has 142 valence electrons. The van der Waals surface area contributed by atoms with Gasteiger partial charge in [-0.15, -0.1) is 0 Å². The molecule has 2 aliphatic rings. The van der Waals surface area contributed by atoms with Crippen LogP contribution in [0.5, 0.6) is 0 Å². The molecule has 0 spiro atoms. The summed E-state index contributed by atoms with van der Waals surface area (Å²) in [6.45, 7) is 3.14. The molecule has 1 saturated carbocycles. The van der Waals surface area contributed by atoms with E-state index >= 15 is 0 Å². The predicted molar refractivity (Wildman–Crippen MR) is 107 cm³/mol. The molecule has 2 amide bonds. The highest BCUT2D eigenvalue weighted by Gasteiger charge is 2.40. The lowest BCUT2D eigenvalue weighted by molar-refractivity contribution is 0.0481. The van der Waals surface area contributed by atoms with Crippen LogP contribution in [0.4, 0.5) is 0 Å². The van der Waals surface area contributed by atoms with E-state index < -0.39 is 0 Å². The van der Waals surface area contributed by atoms with Gasteiger partial charge in [0.05, 0.1) is 0 Å². The number of carbonyl (C=O) groups excluding carboxylic acids is 2. The summed E-state index contributed by atoms with van der Waals surface area (Å²) in [7, 11) is 0. The van der Waals surface area contributed by atoms with Gasteiger partial charge in [-0.3, -0.25) is 14.5 Å². The monoisotopic (exact) mass is 365 g/mol. The largest absolute Gasteiger partial charge is 0.326 e. The molecule has 2 aromatic carbocycles. The van der Waals surface area contributed by atoms with Crippen LogP contribution in [0.2, 0.25) is 0 Å². The van der Waals surface area contributed by atoms with Crippen molar-refractivity contribution in [2.75, 3.05) is 6.54 Å². The molecule has 3 N–H and O–H groups in total. The van der Waals surface area contributed by atoms with E-state index in [1.165, 1.54) is 4.90 Å². The Bertz CT molecular complexity index is 828. The summed E-state index contributed by atoms with van der Waals surface area (Å²) in [5.74, 6) is -0.363. The van der Waals surface area contributed by atoms with E-state index in [4.69, 9.17) is 5.73 Å². The standard InChI is InChI=1S/C22H27N3O2/c1-2-3-12-24-19-11-10-15(13-18(19)23)25-21(26)16-8-4-6-14-7-5-9-17(20(14)16)22(25)27/h4-9,15,18-19,24H,2-3,10-13,23H2,1H3. The highest BCUT2D eigenvalue weighted by molar-refractivity contribution is 6.25. The van der Waals surface area contributed by atoms with Gasteiger partial charge in [0.15, 0.2) is 0 Å². The van der Waals surface area contributed by atoms with Crippen molar-refractivity contribution in [3.8, 4) is 0 Å². The minimum Gasteiger partial charge on any atom is -0.326 e. The zero-order chi connectivity index (χ0) is 19.0. The maximum Gasteiger partial charge on any atom is 0.261 e. The van der Waals surface area contributed by atoms with Crippen LogP contribution in [0.3, 0.4) is 0 Å². The number of amides is 2. The third-order valence-corrected chi connectivity index (χ3v) is 5.98. The number of nitrogens with one attached hydrogen (secondary N) is 1. The maximum atomic E-state index is 13.2. The molecule has 4 rings (SSSR count). The molecule has 5 nitrogen and oxygen atoms in total. The number of nitrogens with two attached hydrogens (primary N) is 1. The summed E-state index contributed by atoms with van der Waals surface area (Å²) in [6, 6.07) is 11.4. The lowest BCUT2D eigenvalue weighted by atomic mass is 9.84. The van der Waals surface area contributed by atoms with E-state index in [0.717, 1.165) is 43.0 Å². The Morgan fingerprint density at radius 2 is 1.74 bits per heavy atom. The van der Waals surface area contributed by atoms with Gasteiger partial charge in [-0.2, -0.15) is 0 Å². The Hall–Kier alpha value is -2.24. The van der Waals surface area contributed by atoms with E-state index in [2.05, 4.69) is 12.2 Å². The average Bonchev–Trinajstić information content (AvgIpc) is 2.68. The number of carbonyl (C=O) groups is 2. The number of nitrogens with zero attached hydrogens (tertiary/aromatic N) is 1. The van der Waals surface area contributed by atoms with Crippen LogP contribution in [-0.4, -0.2) is 41.4 Å². The summed E-state index contributed by atoms with van der Waals surface area (Å²) < 4.78 is 0. The number of unbranched alkanes of at least 4 members (excludes halogenated alkanes) is 1. The Balaban J connectivity index is 1.57. The second-order valence-corrected chi connectivity index (χ2v) is 7.73. The van der Waals surface area contributed by atoms with Crippen molar-refractivity contribution < 1.29 is 9.59 Å². The number of imide groups is 1. The molecular formula is C22H27N3O2. The normalized spacial score (nSPS) is 25.3. The third-order valence-electron chi connectivity index (χ3n) is 5.98. The second-order valence-electron chi connectivity index (χ2n) is 7.73. The number of hydrogen-bond acceptors (Lipinski definition) is 4. The highest BCUT2D eigenvalue weighted by Crippen LogP contribution is 2.34. The summed E-state index contributed by atoms with van der Waals surface area (Å²) >= 11 is 0. The molecule has 5 heteroatoms. The average molecular weight is 365 g/mol. The minimum atomic E-state index is -0.182. The van der Waals surface area contributed by atoms with Crippen LogP contribution in [0, 0.1) is 0 Å². The van der Waals surface area contributed by atoms with Crippen molar-refractivity contribution in [3.05, 3.63) is 47.5 Å². The number of rotatable bonds is 5. The SMILES string of the molecule is CCCCNC1CCC(N2C(=O)c3cccc4cccc(c34)C2=O)CC1N. The van der Waals surface area contributed by atoms with Gasteiger partial charge in [-0.25, -0.2) is 0 Å². The Kier molecular flexibility index (Phi) is 4.98. The molecule has 0 bridgehead atoms. The molecule has 0 aromatic heterocycles. The molecule has 1 heterocycles. The van der Waals surface area contributed by atoms with E-state index in [9.17, 15) is 9.59 Å². The first-order valence-corrected chi connectivity index (χ1v) is 10.0. The lowest BCUT2D eigenvalue weighted by Gasteiger charge is -2.40. The fourth-order valence-electron chi connectivity index (χ4n) is 4.52. The van der Waals surface area contributed by atoms with Gasteiger partial charge in [0.1, 0.15) is 0 Å². The van der Waals surface area contributed by atoms with E-state index in [-0.39, 0.29) is 29.9 Å². The maximum absolute atomic E-state index is 13.2. The number of hydrogen-bond donors (Lipinski definition) is 2. The first-order chi connectivity index (χ1) is 13.1. The minimum absolute atomic E-state index is 0.0471. The van der Waals surface area contributed by atoms with Crippen LogP contribution in [0.1, 0.15) is 59.7 Å². The molecule has 2 aromatic rings. The van der Waals surface area contributed by atoms with Gasteiger partial charge in [0.25, 0.3) is 11.8 Å². The van der Waals surface area contributed by atoms with Gasteiger partial charge in [0.2, 0.25) is 0 Å². The summed E-state index contributed by atoms with van der Waals surface area (Å²) in [5.41, 5.74) is 7.66. The van der Waals surface area contributed by atoms with Gasteiger partial charge >= 0.3 is 0 Å². The third kappa shape index (κ3) is 3.15. The van der Waals surface area contributed by atoms with E-state index in [0.29, 0.717) is 17.5 Å². The Morgan fingerprint density at radius 1 is 1.07 bits per heavy atom. The zero-order valence-corrected chi connectivity index (χ0v) is 15.8. The quantitative estimate of drug-likeness (QED) is 0.631. The zero-order valence-electron chi connectivity index (χ0n) is 15.8. The first-order valence-electron chi connectivity index (χ1n) is 10.0. The molecule has 0 saturated heterocycles.